The Kier molecular flexibility index (Phi) is 4.57. The van der Waals surface area contributed by atoms with Crippen LogP contribution in [0.25, 0.3) is 215 Å². The summed E-state index contributed by atoms with van der Waals surface area (Å²) in [6, 6.07) is 0. The lowest BCUT2D eigenvalue weighted by Gasteiger charge is -2.62. The molecule has 0 saturated heterocycles. The molecule has 21 aromatic carbocycles. The number of rotatable bonds is 9. The van der Waals surface area contributed by atoms with Gasteiger partial charge in [-0.3, -0.25) is 0 Å². The number of benzene rings is 15. The molecule has 0 fully saturated rings. The zero-order valence-electron chi connectivity index (χ0n) is 49.1. The average molecular weight is 1190 g/mol. The number of halogens is 1. The third kappa shape index (κ3) is 2.65. The molecule has 408 valence electrons. The van der Waals surface area contributed by atoms with Crippen molar-refractivity contribution in [2.75, 3.05) is 7.11 Å². The molecule has 9 nitrogen and oxygen atoms in total. The van der Waals surface area contributed by atoms with Gasteiger partial charge in [-0.25, -0.2) is 39.1 Å². The first-order valence-electron chi connectivity index (χ1n) is 31.6. The molecular weight excluding hydrogens is 1150 g/mol. The first-order chi connectivity index (χ1) is 41.6. The molecule has 0 aliphatic heterocycles. The van der Waals surface area contributed by atoms with Gasteiger partial charge in [-0.1, -0.05) is 15.9 Å². The fourth-order valence-corrected chi connectivity index (χ4v) is 27.1. The summed E-state index contributed by atoms with van der Waals surface area (Å²) in [5.41, 5.74) is 4.36. The van der Waals surface area contributed by atoms with E-state index in [1.54, 1.807) is 0 Å². The molecule has 11 aliphatic carbocycles. The lowest BCUT2D eigenvalue weighted by Crippen LogP contribution is -2.70. The summed E-state index contributed by atoms with van der Waals surface area (Å²) in [6.07, 6.45) is 0. The van der Waals surface area contributed by atoms with E-state index in [1.165, 1.54) is 238 Å². The van der Waals surface area contributed by atoms with Crippen molar-refractivity contribution in [3.05, 3.63) is 77.9 Å². The Hall–Kier alpha value is -6.90. The summed E-state index contributed by atoms with van der Waals surface area (Å²) in [7, 11) is 1.99. The number of hydrogen-bond acceptors (Lipinski definition) is 9. The summed E-state index contributed by atoms with van der Waals surface area (Å²) in [5, 5.41) is 55.5. The minimum atomic E-state index is -1.79. The second-order valence-electron chi connectivity index (χ2n) is 33.6. The quantitative estimate of drug-likeness (QED) is 0.0607. The second-order valence-corrected chi connectivity index (χ2v) is 34.8. The first kappa shape index (κ1) is 41.3. The smallest absolute Gasteiger partial charge is 0.196 e. The van der Waals surface area contributed by atoms with E-state index in [9.17, 15) is 0 Å². The highest BCUT2D eigenvalue weighted by molar-refractivity contribution is 9.10. The maximum absolute atomic E-state index is 8.46. The van der Waals surface area contributed by atoms with Crippen molar-refractivity contribution in [3.63, 3.8) is 0 Å². The Morgan fingerprint density at radius 2 is 0.448 bits per heavy atom. The summed E-state index contributed by atoms with van der Waals surface area (Å²) in [6.45, 7) is 25.3. The van der Waals surface area contributed by atoms with E-state index >= 15 is 0 Å². The molecule has 0 amide bonds. The van der Waals surface area contributed by atoms with Crippen LogP contribution in [0.5, 0.6) is 0 Å². The third-order valence-corrected chi connectivity index (χ3v) is 27.5. The lowest BCUT2D eigenvalue weighted by molar-refractivity contribution is -0.479. The molecule has 32 rings (SSSR count). The van der Waals surface area contributed by atoms with E-state index < -0.39 is 54.7 Å². The van der Waals surface area contributed by atoms with Crippen molar-refractivity contribution in [1.82, 2.24) is 0 Å². The maximum atomic E-state index is 8.46. The van der Waals surface area contributed by atoms with Crippen molar-refractivity contribution in [1.29, 1.82) is 0 Å². The van der Waals surface area contributed by atoms with Crippen molar-refractivity contribution in [2.45, 2.75) is 138 Å². The van der Waals surface area contributed by atoms with Crippen LogP contribution in [0.1, 0.15) is 139 Å². The van der Waals surface area contributed by atoms with Crippen LogP contribution in [0.2, 0.25) is 0 Å². The molecule has 21 aromatic rings. The number of ether oxygens (including phenoxy) is 1. The van der Waals surface area contributed by atoms with Gasteiger partial charge in [0, 0.05) is 68.3 Å². The van der Waals surface area contributed by atoms with Crippen LogP contribution >= 0.6 is 15.9 Å². The highest BCUT2D eigenvalue weighted by Crippen LogP contribution is 2.93. The van der Waals surface area contributed by atoms with Crippen molar-refractivity contribution in [3.8, 4) is 0 Å². The highest BCUT2D eigenvalue weighted by Gasteiger charge is 2.90. The van der Waals surface area contributed by atoms with Crippen molar-refractivity contribution >= 4 is 231 Å². The zero-order valence-corrected chi connectivity index (χ0v) is 50.6. The van der Waals surface area contributed by atoms with Gasteiger partial charge >= 0.3 is 0 Å². The maximum Gasteiger partial charge on any atom is 0.196 e. The van der Waals surface area contributed by atoms with E-state index in [2.05, 4.69) is 83.1 Å². The molecule has 0 radical (unpaired) electrons. The third-order valence-electron chi connectivity index (χ3n) is 26.3. The van der Waals surface area contributed by atoms with Crippen molar-refractivity contribution < 1.29 is 43.8 Å². The number of alkyl halides is 1. The normalized spacial score (nSPS) is 29.2. The number of hydrogen-bond donors (Lipinski definition) is 0. The molecule has 87 heavy (non-hydrogen) atoms. The second kappa shape index (κ2) is 9.61. The largest absolute Gasteiger partial charge is 0.364 e. The van der Waals surface area contributed by atoms with E-state index in [1.807, 2.05) is 7.11 Å². The van der Waals surface area contributed by atoms with Crippen LogP contribution in [0.4, 0.5) is 0 Å². The molecule has 10 heteroatoms. The number of methoxy groups -OCH3 is 1. The summed E-state index contributed by atoms with van der Waals surface area (Å²) < 4.78 is 7.19. The Morgan fingerprint density at radius 3 is 0.782 bits per heavy atom. The van der Waals surface area contributed by atoms with Gasteiger partial charge in [0.1, 0.15) is 9.93 Å². The SMILES string of the molecule is CO[C@@]12C3=C4C5=C6[C@@]7(OOC(C)(C)C)c8c9c%10c%11c(c%12c%13c%14c(c1c1c%15c2c2c%16c%17c(c7c7c8c8c%10c%10c%18c%11c%13c%11c%13c%14c1c1c%14c%15c%16c%15c%16c%17c7c7c8c%10c8c(c%11%18)c(c%131)c(c%14%15)c8c7%16)[C@]2(OOC(C)(C)C)[C@]63OOC(C)(C)C)[C@]4%12Br)[C@]59OOC(C)(C)C. The van der Waals surface area contributed by atoms with Crippen molar-refractivity contribution in [2.24, 2.45) is 0 Å². The molecular formula is C77H39BrO9. The minimum absolute atomic E-state index is 0.759. The molecule has 0 saturated carbocycles. The monoisotopic (exact) mass is 1190 g/mol. The van der Waals surface area contributed by atoms with Crippen LogP contribution < -0.4 is 0 Å². The summed E-state index contributed by atoms with van der Waals surface area (Å²) >= 11 is 5.20. The van der Waals surface area contributed by atoms with Crippen LogP contribution in [0.3, 0.4) is 0 Å². The van der Waals surface area contributed by atoms with Gasteiger partial charge in [-0.2, -0.15) is 0 Å². The molecule has 0 aromatic heterocycles. The summed E-state index contributed by atoms with van der Waals surface area (Å²) in [5.74, 6) is 0. The molecule has 0 unspecified atom stereocenters. The van der Waals surface area contributed by atoms with Gasteiger partial charge < -0.3 is 4.74 Å². The lowest BCUT2D eigenvalue weighted by atomic mass is 9.49. The molecule has 0 bridgehead atoms. The summed E-state index contributed by atoms with van der Waals surface area (Å²) in [4.78, 5) is 63.2. The van der Waals surface area contributed by atoms with Gasteiger partial charge in [0.15, 0.2) is 22.4 Å². The predicted octanol–water partition coefficient (Wildman–Crippen LogP) is 18.8. The van der Waals surface area contributed by atoms with Crippen LogP contribution in [0, 0.1) is 0 Å². The Labute approximate surface area is 495 Å². The van der Waals surface area contributed by atoms with Gasteiger partial charge in [0.2, 0.25) is 0 Å². The van der Waals surface area contributed by atoms with Crippen LogP contribution in [-0.4, -0.2) is 35.1 Å². The topological polar surface area (TPSA) is 83.1 Å². The molecule has 0 heterocycles. The van der Waals surface area contributed by atoms with Gasteiger partial charge in [-0.15, -0.1) is 0 Å². The first-order valence-corrected chi connectivity index (χ1v) is 32.4. The molecule has 0 N–H and O–H groups in total. The Balaban J connectivity index is 1.07. The van der Waals surface area contributed by atoms with Gasteiger partial charge in [-0.05, 0) is 315 Å². The van der Waals surface area contributed by atoms with E-state index in [-0.39, 0.29) is 0 Å². The molecule has 6 atom stereocenters. The van der Waals surface area contributed by atoms with Gasteiger partial charge in [0.25, 0.3) is 0 Å². The standard InChI is InChI=1S/C77H39BrO9/c1-68(2,3)80-84-73-56-46-36-26-19-14-15-17-18-16(14)21-28(26)38-39-29(21)31-23(18)33-32-22(17)30-27-20(15)25-24(19)34(36)44-45-35(25)37(27)47-50-40(30)42(32)52-53-43(33)41(31)51-49(39)59(58(73)48(38)46)75(85-81-69(4,5)6)61(51)63(53)76(86-82-70(7,8)9)62(52)60(50)74(79-13)57(47)55(45)72(78,54(44)56)64-65(73)67(75)77(76,66(64)74)87-83-71(10,11)12/h1-13H3/t72-,73+,74-,75+,76-,77+/m0/s1. The Bertz CT molecular complexity index is 7400. The fourth-order valence-electron chi connectivity index (χ4n) is 25.9. The van der Waals surface area contributed by atoms with E-state index in [4.69, 9.17) is 59.8 Å². The average Bonchev–Trinajstić information content (AvgIpc) is 1.37. The molecule has 11 aliphatic rings. The highest BCUT2D eigenvalue weighted by atomic mass is 79.9. The van der Waals surface area contributed by atoms with Crippen LogP contribution in [-0.2, 0) is 70.6 Å². The fraction of sp³-hybridized carbons (Fsp3) is 0.299. The Morgan fingerprint density at radius 1 is 0.230 bits per heavy atom. The van der Waals surface area contributed by atoms with Gasteiger partial charge in [0.05, 0.1) is 22.4 Å². The zero-order chi connectivity index (χ0) is 56.5. The van der Waals surface area contributed by atoms with E-state index in [0.717, 1.165) is 55.7 Å². The van der Waals surface area contributed by atoms with E-state index in [0.29, 0.717) is 0 Å². The molecule has 0 spiro atoms. The minimum Gasteiger partial charge on any atom is -0.364 e. The van der Waals surface area contributed by atoms with Crippen LogP contribution in [0.15, 0.2) is 22.3 Å². The predicted molar refractivity (Wildman–Crippen MR) is 342 cm³/mol.